The molecule has 0 radical (unpaired) electrons. The van der Waals surface area contributed by atoms with Crippen LogP contribution in [0.15, 0.2) is 24.3 Å². The molecule has 0 spiro atoms. The van der Waals surface area contributed by atoms with Crippen molar-refractivity contribution in [2.45, 2.75) is 39.5 Å². The predicted molar refractivity (Wildman–Crippen MR) is 114 cm³/mol. The van der Waals surface area contributed by atoms with Gasteiger partial charge >= 0.3 is 6.09 Å². The van der Waals surface area contributed by atoms with E-state index in [1.807, 2.05) is 31.2 Å². The first kappa shape index (κ1) is 21.5. The molecule has 1 aromatic carbocycles. The fourth-order valence-corrected chi connectivity index (χ4v) is 4.04. The molecule has 1 aliphatic heterocycles. The number of para-hydroxylation sites is 2. The summed E-state index contributed by atoms with van der Waals surface area (Å²) >= 11 is 6.62. The van der Waals surface area contributed by atoms with Crippen molar-refractivity contribution in [1.29, 1.82) is 0 Å². The second-order valence-corrected chi connectivity index (χ2v) is 8.10. The number of amides is 1. The van der Waals surface area contributed by atoms with Crippen LogP contribution in [0.5, 0.6) is 11.5 Å². The molecule has 1 aliphatic rings. The first-order chi connectivity index (χ1) is 14.1. The van der Waals surface area contributed by atoms with Crippen LogP contribution in [0.2, 0.25) is 0 Å². The van der Waals surface area contributed by atoms with E-state index >= 15 is 0 Å². The lowest BCUT2D eigenvalue weighted by atomic mass is 10.1. The lowest BCUT2D eigenvalue weighted by Crippen LogP contribution is -2.39. The highest BCUT2D eigenvalue weighted by Crippen LogP contribution is 2.29. The maximum absolute atomic E-state index is 11.5. The third-order valence-corrected chi connectivity index (χ3v) is 5.63. The number of carbonyl (C=O) groups is 1. The van der Waals surface area contributed by atoms with Crippen molar-refractivity contribution in [1.82, 2.24) is 14.7 Å². The van der Waals surface area contributed by atoms with E-state index in [0.717, 1.165) is 37.4 Å². The Bertz CT molecular complexity index is 862. The number of carbonyl (C=O) groups excluding carboxylic acids is 1. The summed E-state index contributed by atoms with van der Waals surface area (Å²) in [6.07, 6.45) is 1.45. The van der Waals surface area contributed by atoms with Crippen LogP contribution in [0.3, 0.4) is 0 Å². The molecule has 1 N–H and O–H groups in total. The number of hydrogen-bond acceptors (Lipinski definition) is 8. The van der Waals surface area contributed by atoms with Gasteiger partial charge in [0.2, 0.25) is 5.13 Å². The Morgan fingerprint density at radius 2 is 1.97 bits per heavy atom. The summed E-state index contributed by atoms with van der Waals surface area (Å²) in [5.74, 6) is 1.58. The SMILES string of the molecule is CCOC(=O)Nc1nn(CN2CCC(Oc3ccccc3OCC)CC2)c(=S)s1. The van der Waals surface area contributed by atoms with E-state index in [-0.39, 0.29) is 6.10 Å². The zero-order chi connectivity index (χ0) is 20.6. The minimum absolute atomic E-state index is 0.150. The average Bonchev–Trinajstić information content (AvgIpc) is 3.04. The minimum atomic E-state index is -0.520. The molecule has 1 amide bonds. The maximum Gasteiger partial charge on any atom is 0.413 e. The zero-order valence-electron chi connectivity index (χ0n) is 16.6. The predicted octanol–water partition coefficient (Wildman–Crippen LogP) is 4.14. The van der Waals surface area contributed by atoms with Crippen molar-refractivity contribution in [3.8, 4) is 11.5 Å². The highest BCUT2D eigenvalue weighted by atomic mass is 32.1. The van der Waals surface area contributed by atoms with Gasteiger partial charge in [-0.1, -0.05) is 23.5 Å². The van der Waals surface area contributed by atoms with E-state index in [0.29, 0.717) is 29.0 Å². The van der Waals surface area contributed by atoms with Crippen LogP contribution in [0.25, 0.3) is 0 Å². The number of piperidine rings is 1. The van der Waals surface area contributed by atoms with E-state index in [9.17, 15) is 4.79 Å². The monoisotopic (exact) mass is 438 g/mol. The normalized spacial score (nSPS) is 15.1. The second-order valence-electron chi connectivity index (χ2n) is 6.47. The Balaban J connectivity index is 1.51. The van der Waals surface area contributed by atoms with E-state index in [4.69, 9.17) is 26.4 Å². The summed E-state index contributed by atoms with van der Waals surface area (Å²) in [4.78, 5) is 13.8. The number of likely N-dealkylation sites (tertiary alicyclic amines) is 1. The van der Waals surface area contributed by atoms with Gasteiger partial charge in [0.15, 0.2) is 15.5 Å². The van der Waals surface area contributed by atoms with Crippen LogP contribution in [0.1, 0.15) is 26.7 Å². The molecular formula is C19H26N4O4S2. The maximum atomic E-state index is 11.5. The number of anilines is 1. The Hall–Kier alpha value is -2.17. The van der Waals surface area contributed by atoms with E-state index < -0.39 is 6.09 Å². The fraction of sp³-hybridized carbons (Fsp3) is 0.526. The number of benzene rings is 1. The van der Waals surface area contributed by atoms with Crippen molar-refractivity contribution >= 4 is 34.8 Å². The summed E-state index contributed by atoms with van der Waals surface area (Å²) in [6, 6.07) is 7.78. The van der Waals surface area contributed by atoms with Gasteiger partial charge in [-0.3, -0.25) is 10.2 Å². The second kappa shape index (κ2) is 10.6. The summed E-state index contributed by atoms with van der Waals surface area (Å²) in [7, 11) is 0. The van der Waals surface area contributed by atoms with Crippen molar-refractivity contribution in [3.05, 3.63) is 28.2 Å². The summed E-state index contributed by atoms with van der Waals surface area (Å²) in [5.41, 5.74) is 0. The summed E-state index contributed by atoms with van der Waals surface area (Å²) in [5, 5.41) is 7.42. The van der Waals surface area contributed by atoms with Crippen molar-refractivity contribution in [2.75, 3.05) is 31.6 Å². The third-order valence-electron chi connectivity index (χ3n) is 4.40. The van der Waals surface area contributed by atoms with Gasteiger partial charge < -0.3 is 14.2 Å². The number of nitrogens with zero attached hydrogens (tertiary/aromatic N) is 3. The van der Waals surface area contributed by atoms with Crippen molar-refractivity contribution in [2.24, 2.45) is 0 Å². The van der Waals surface area contributed by atoms with Gasteiger partial charge in [0.1, 0.15) is 6.10 Å². The van der Waals surface area contributed by atoms with Crippen molar-refractivity contribution < 1.29 is 19.0 Å². The van der Waals surface area contributed by atoms with E-state index in [2.05, 4.69) is 15.3 Å². The molecule has 0 saturated carbocycles. The molecule has 0 unspecified atom stereocenters. The lowest BCUT2D eigenvalue weighted by Gasteiger charge is -2.32. The lowest BCUT2D eigenvalue weighted by molar-refractivity contribution is 0.0781. The largest absolute Gasteiger partial charge is 0.490 e. The molecule has 2 heterocycles. The Labute approximate surface area is 179 Å². The fourth-order valence-electron chi connectivity index (χ4n) is 3.06. The molecule has 0 aliphatic carbocycles. The first-order valence-electron chi connectivity index (χ1n) is 9.71. The molecule has 1 fully saturated rings. The van der Waals surface area contributed by atoms with Gasteiger partial charge in [-0.15, -0.1) is 5.10 Å². The van der Waals surface area contributed by atoms with Gasteiger partial charge in [0.05, 0.1) is 19.9 Å². The highest BCUT2D eigenvalue weighted by molar-refractivity contribution is 7.73. The topological polar surface area (TPSA) is 77.9 Å². The van der Waals surface area contributed by atoms with E-state index in [1.54, 1.807) is 11.6 Å². The molecule has 0 bridgehead atoms. The smallest absolute Gasteiger partial charge is 0.413 e. The standard InChI is InChI=1S/C19H26N4O4S2/c1-3-25-15-7-5-6-8-16(15)27-14-9-11-22(12-10-14)13-23-19(28)29-17(21-23)20-18(24)26-4-2/h5-8,14H,3-4,9-13H2,1-2H3,(H,20,21,24). The third kappa shape index (κ3) is 6.15. The van der Waals surface area contributed by atoms with Gasteiger partial charge in [-0.05, 0) is 51.0 Å². The van der Waals surface area contributed by atoms with Crippen LogP contribution in [0.4, 0.5) is 9.93 Å². The Morgan fingerprint density at radius 3 is 2.66 bits per heavy atom. The minimum Gasteiger partial charge on any atom is -0.490 e. The Kier molecular flexibility index (Phi) is 7.84. The average molecular weight is 439 g/mol. The first-order valence-corrected chi connectivity index (χ1v) is 10.9. The summed E-state index contributed by atoms with van der Waals surface area (Å²) < 4.78 is 19.0. The molecular weight excluding hydrogens is 412 g/mol. The number of aromatic nitrogens is 2. The number of ether oxygens (including phenoxy) is 3. The quantitative estimate of drug-likeness (QED) is 0.621. The van der Waals surface area contributed by atoms with Crippen LogP contribution >= 0.6 is 23.6 Å². The molecule has 158 valence electrons. The highest BCUT2D eigenvalue weighted by Gasteiger charge is 2.22. The van der Waals surface area contributed by atoms with Gasteiger partial charge in [0.25, 0.3) is 0 Å². The van der Waals surface area contributed by atoms with Gasteiger partial charge in [-0.2, -0.15) is 0 Å². The molecule has 1 saturated heterocycles. The van der Waals surface area contributed by atoms with Gasteiger partial charge in [-0.25, -0.2) is 9.48 Å². The summed E-state index contributed by atoms with van der Waals surface area (Å²) in [6.45, 7) is 6.98. The van der Waals surface area contributed by atoms with Crippen LogP contribution in [0, 0.1) is 3.95 Å². The van der Waals surface area contributed by atoms with Crippen LogP contribution in [-0.4, -0.2) is 53.2 Å². The zero-order valence-corrected chi connectivity index (χ0v) is 18.3. The van der Waals surface area contributed by atoms with E-state index in [1.165, 1.54) is 11.3 Å². The van der Waals surface area contributed by atoms with Gasteiger partial charge in [0, 0.05) is 13.1 Å². The van der Waals surface area contributed by atoms with Crippen LogP contribution < -0.4 is 14.8 Å². The molecule has 2 aromatic rings. The molecule has 10 heteroatoms. The molecule has 8 nitrogen and oxygen atoms in total. The number of hydrogen-bond donors (Lipinski definition) is 1. The number of rotatable bonds is 8. The number of nitrogens with one attached hydrogen (secondary N) is 1. The van der Waals surface area contributed by atoms with Crippen molar-refractivity contribution in [3.63, 3.8) is 0 Å². The molecule has 0 atom stereocenters. The molecule has 1 aromatic heterocycles. The van der Waals surface area contributed by atoms with Crippen LogP contribution in [-0.2, 0) is 11.4 Å². The Morgan fingerprint density at radius 1 is 1.24 bits per heavy atom. The molecule has 29 heavy (non-hydrogen) atoms. The molecule has 3 rings (SSSR count).